The fraction of sp³-hybridized carbons (Fsp3) is 0.217. The number of rotatable bonds is 8. The molecule has 5 nitrogen and oxygen atoms in total. The quantitative estimate of drug-likeness (QED) is 0.470. The minimum Gasteiger partial charge on any atom is -0.493 e. The minimum atomic E-state index is -0.323. The van der Waals surface area contributed by atoms with Crippen LogP contribution >= 0.6 is 0 Å². The summed E-state index contributed by atoms with van der Waals surface area (Å²) in [5, 5.41) is 6.19. The predicted molar refractivity (Wildman–Crippen MR) is 112 cm³/mol. The molecule has 144 valence electrons. The molecule has 0 aliphatic rings. The second-order valence-electron chi connectivity index (χ2n) is 6.21. The summed E-state index contributed by atoms with van der Waals surface area (Å²) in [6.45, 7) is 4.46. The van der Waals surface area contributed by atoms with Crippen molar-refractivity contribution >= 4 is 22.9 Å². The summed E-state index contributed by atoms with van der Waals surface area (Å²) in [5.74, 6) is 1.08. The first-order valence-electron chi connectivity index (χ1n) is 9.39. The highest BCUT2D eigenvalue weighted by Crippen LogP contribution is 2.26. The van der Waals surface area contributed by atoms with Crippen molar-refractivity contribution in [3.05, 3.63) is 71.8 Å². The van der Waals surface area contributed by atoms with Crippen LogP contribution in [0.3, 0.4) is 0 Å². The highest BCUT2D eigenvalue weighted by Gasteiger charge is 2.07. The molecule has 28 heavy (non-hydrogen) atoms. The van der Waals surface area contributed by atoms with E-state index in [4.69, 9.17) is 9.47 Å². The van der Waals surface area contributed by atoms with Gasteiger partial charge in [-0.1, -0.05) is 49.4 Å². The third kappa shape index (κ3) is 4.88. The normalized spacial score (nSPS) is 10.9. The second kappa shape index (κ2) is 9.55. The van der Waals surface area contributed by atoms with E-state index < -0.39 is 0 Å². The Kier molecular flexibility index (Phi) is 6.63. The number of carbonyl (C=O) groups excluding carboxylic acids is 1. The van der Waals surface area contributed by atoms with E-state index in [0.717, 1.165) is 34.1 Å². The van der Waals surface area contributed by atoms with Gasteiger partial charge in [0.15, 0.2) is 6.61 Å². The van der Waals surface area contributed by atoms with Crippen LogP contribution in [0.1, 0.15) is 25.0 Å². The fourth-order valence-electron chi connectivity index (χ4n) is 2.90. The summed E-state index contributed by atoms with van der Waals surface area (Å²) in [6.07, 6.45) is 2.53. The van der Waals surface area contributed by atoms with E-state index in [2.05, 4.69) is 17.5 Å². The Balaban J connectivity index is 1.66. The molecule has 0 aliphatic heterocycles. The Morgan fingerprint density at radius 1 is 1.04 bits per heavy atom. The Morgan fingerprint density at radius 3 is 2.71 bits per heavy atom. The van der Waals surface area contributed by atoms with Crippen molar-refractivity contribution in [2.45, 2.75) is 20.3 Å². The number of hydrogen-bond donors (Lipinski definition) is 1. The van der Waals surface area contributed by atoms with Gasteiger partial charge in [0.05, 0.1) is 12.8 Å². The van der Waals surface area contributed by atoms with Gasteiger partial charge in [-0.3, -0.25) is 4.79 Å². The number of carbonyl (C=O) groups is 1. The predicted octanol–water partition coefficient (Wildman–Crippen LogP) is 4.33. The second-order valence-corrected chi connectivity index (χ2v) is 6.21. The molecule has 3 aromatic rings. The van der Waals surface area contributed by atoms with E-state index in [1.165, 1.54) is 0 Å². The summed E-state index contributed by atoms with van der Waals surface area (Å²) in [5.41, 5.74) is 4.51. The molecule has 0 radical (unpaired) electrons. The molecule has 0 heterocycles. The van der Waals surface area contributed by atoms with Crippen molar-refractivity contribution in [1.29, 1.82) is 0 Å². The number of fused-ring (bicyclic) bond motifs is 1. The minimum absolute atomic E-state index is 0.0988. The van der Waals surface area contributed by atoms with Crippen molar-refractivity contribution in [1.82, 2.24) is 5.43 Å². The fourth-order valence-corrected chi connectivity index (χ4v) is 2.90. The van der Waals surface area contributed by atoms with Crippen molar-refractivity contribution in [3.63, 3.8) is 0 Å². The van der Waals surface area contributed by atoms with E-state index in [0.29, 0.717) is 12.4 Å². The molecule has 0 unspecified atom stereocenters. The topological polar surface area (TPSA) is 59.9 Å². The van der Waals surface area contributed by atoms with Gasteiger partial charge in [-0.05, 0) is 47.9 Å². The average molecular weight is 376 g/mol. The number of benzene rings is 3. The standard InChI is InChI=1S/C23H24N2O3/c1-3-17-8-7-10-19(14-17)28-16-23(26)25-24-15-21-20-11-6-5-9-18(20)12-13-22(21)27-4-2/h5-15H,3-4,16H2,1-2H3,(H,25,26)/b24-15+. The van der Waals surface area contributed by atoms with Crippen LogP contribution in [0.25, 0.3) is 10.8 Å². The Labute approximate surface area is 165 Å². The zero-order valence-electron chi connectivity index (χ0n) is 16.1. The van der Waals surface area contributed by atoms with Gasteiger partial charge < -0.3 is 9.47 Å². The van der Waals surface area contributed by atoms with E-state index in [1.54, 1.807) is 6.21 Å². The van der Waals surface area contributed by atoms with Crippen LogP contribution in [0.5, 0.6) is 11.5 Å². The lowest BCUT2D eigenvalue weighted by molar-refractivity contribution is -0.123. The van der Waals surface area contributed by atoms with Gasteiger partial charge in [-0.25, -0.2) is 5.43 Å². The number of hydrazone groups is 1. The van der Waals surface area contributed by atoms with E-state index in [1.807, 2.05) is 67.6 Å². The Morgan fingerprint density at radius 2 is 1.89 bits per heavy atom. The SMILES string of the molecule is CCOc1ccc2ccccc2c1/C=N/NC(=O)COc1cccc(CC)c1. The van der Waals surface area contributed by atoms with Crippen LogP contribution in [0.4, 0.5) is 0 Å². The zero-order valence-corrected chi connectivity index (χ0v) is 16.1. The van der Waals surface area contributed by atoms with Gasteiger partial charge in [0.2, 0.25) is 0 Å². The first kappa shape index (κ1) is 19.4. The summed E-state index contributed by atoms with van der Waals surface area (Å²) >= 11 is 0. The third-order valence-corrected chi connectivity index (χ3v) is 4.29. The molecule has 0 bridgehead atoms. The van der Waals surface area contributed by atoms with Gasteiger partial charge in [-0.2, -0.15) is 5.10 Å². The molecule has 0 aliphatic carbocycles. The molecular weight excluding hydrogens is 352 g/mol. The smallest absolute Gasteiger partial charge is 0.277 e. The van der Waals surface area contributed by atoms with E-state index in [-0.39, 0.29) is 12.5 Å². The van der Waals surface area contributed by atoms with Crippen molar-refractivity contribution < 1.29 is 14.3 Å². The molecule has 0 saturated heterocycles. The van der Waals surface area contributed by atoms with Crippen LogP contribution in [0, 0.1) is 0 Å². The lowest BCUT2D eigenvalue weighted by Crippen LogP contribution is -2.24. The van der Waals surface area contributed by atoms with Gasteiger partial charge in [0.25, 0.3) is 5.91 Å². The van der Waals surface area contributed by atoms with Crippen LogP contribution in [0.2, 0.25) is 0 Å². The lowest BCUT2D eigenvalue weighted by atomic mass is 10.0. The van der Waals surface area contributed by atoms with E-state index >= 15 is 0 Å². The molecule has 0 aromatic heterocycles. The molecule has 5 heteroatoms. The third-order valence-electron chi connectivity index (χ3n) is 4.29. The maximum atomic E-state index is 12.1. The monoisotopic (exact) mass is 376 g/mol. The highest BCUT2D eigenvalue weighted by atomic mass is 16.5. The maximum Gasteiger partial charge on any atom is 0.277 e. The molecule has 3 rings (SSSR count). The van der Waals surface area contributed by atoms with Crippen LogP contribution in [0.15, 0.2) is 65.8 Å². The number of nitrogens with one attached hydrogen (secondary N) is 1. The molecule has 0 fully saturated rings. The van der Waals surface area contributed by atoms with Crippen molar-refractivity contribution in [3.8, 4) is 11.5 Å². The number of amides is 1. The summed E-state index contributed by atoms with van der Waals surface area (Å²) < 4.78 is 11.2. The first-order valence-corrected chi connectivity index (χ1v) is 9.39. The van der Waals surface area contributed by atoms with Crippen LogP contribution in [-0.4, -0.2) is 25.3 Å². The number of hydrogen-bond acceptors (Lipinski definition) is 4. The number of aryl methyl sites for hydroxylation is 1. The average Bonchev–Trinajstić information content (AvgIpc) is 2.74. The summed E-state index contributed by atoms with van der Waals surface area (Å²) in [7, 11) is 0. The Hall–Kier alpha value is -3.34. The maximum absolute atomic E-state index is 12.1. The molecular formula is C23H24N2O3. The highest BCUT2D eigenvalue weighted by molar-refractivity contribution is 6.02. The molecule has 0 saturated carbocycles. The lowest BCUT2D eigenvalue weighted by Gasteiger charge is -2.10. The molecule has 0 atom stereocenters. The zero-order chi connectivity index (χ0) is 19.8. The largest absolute Gasteiger partial charge is 0.493 e. The summed E-state index contributed by atoms with van der Waals surface area (Å²) in [6, 6.07) is 19.6. The Bertz CT molecular complexity index is 982. The van der Waals surface area contributed by atoms with Crippen LogP contribution in [-0.2, 0) is 11.2 Å². The van der Waals surface area contributed by atoms with Gasteiger partial charge in [-0.15, -0.1) is 0 Å². The van der Waals surface area contributed by atoms with E-state index in [9.17, 15) is 4.79 Å². The summed E-state index contributed by atoms with van der Waals surface area (Å²) in [4.78, 5) is 12.1. The van der Waals surface area contributed by atoms with Crippen molar-refractivity contribution in [2.24, 2.45) is 5.10 Å². The molecule has 1 amide bonds. The van der Waals surface area contributed by atoms with Gasteiger partial charge >= 0.3 is 0 Å². The first-order chi connectivity index (χ1) is 13.7. The van der Waals surface area contributed by atoms with Gasteiger partial charge in [0, 0.05) is 5.56 Å². The molecule has 0 spiro atoms. The van der Waals surface area contributed by atoms with Crippen molar-refractivity contribution in [2.75, 3.05) is 13.2 Å². The van der Waals surface area contributed by atoms with Gasteiger partial charge in [0.1, 0.15) is 11.5 Å². The molecule has 1 N–H and O–H groups in total. The number of nitrogens with zero attached hydrogens (tertiary/aromatic N) is 1. The molecule has 3 aromatic carbocycles. The van der Waals surface area contributed by atoms with Crippen LogP contribution < -0.4 is 14.9 Å². The number of ether oxygens (including phenoxy) is 2.